The number of benzene rings is 1. The molecule has 0 atom stereocenters. The molecule has 0 fully saturated rings. The minimum atomic E-state index is -2.95. The molecule has 0 saturated heterocycles. The molecule has 0 heterocycles. The Kier molecular flexibility index (Phi) is 2.75. The summed E-state index contributed by atoms with van der Waals surface area (Å²) in [5.74, 6) is 0. The van der Waals surface area contributed by atoms with Crippen molar-refractivity contribution in [1.82, 2.24) is 0 Å². The van der Waals surface area contributed by atoms with E-state index in [9.17, 15) is 17.2 Å². The van der Waals surface area contributed by atoms with Crippen LogP contribution in [0.1, 0.15) is 5.56 Å². The van der Waals surface area contributed by atoms with Crippen molar-refractivity contribution in [3.63, 3.8) is 0 Å². The lowest BCUT2D eigenvalue weighted by Gasteiger charge is -1.99. The molecule has 5 heteroatoms. The molecule has 1 radical (unpaired) electrons. The monoisotopic (exact) mass is 191 g/mol. The predicted octanol–water partition coefficient (Wildman–Crippen LogP) is 1.43. The van der Waals surface area contributed by atoms with E-state index in [0.29, 0.717) is 0 Å². The molecule has 0 amide bonds. The van der Waals surface area contributed by atoms with E-state index < -0.39 is 22.7 Å². The zero-order valence-electron chi connectivity index (χ0n) is 5.83. The van der Waals surface area contributed by atoms with Gasteiger partial charge >= 0.3 is 6.43 Å². The Morgan fingerprint density at radius 3 is 2.17 bits per heavy atom. The molecule has 12 heavy (non-hydrogen) atoms. The Balaban J connectivity index is 3.27. The van der Waals surface area contributed by atoms with Crippen molar-refractivity contribution in [3.8, 4) is 0 Å². The van der Waals surface area contributed by atoms with Gasteiger partial charge in [-0.1, -0.05) is 18.2 Å². The molecule has 2 nitrogen and oxygen atoms in total. The van der Waals surface area contributed by atoms with Gasteiger partial charge in [0, 0.05) is 5.56 Å². The highest BCUT2D eigenvalue weighted by atomic mass is 32.2. The summed E-state index contributed by atoms with van der Waals surface area (Å²) in [5, 5.41) is 0. The van der Waals surface area contributed by atoms with E-state index in [1.807, 2.05) is 0 Å². The smallest absolute Gasteiger partial charge is 0.227 e. The molecule has 0 unspecified atom stereocenters. The Morgan fingerprint density at radius 2 is 1.75 bits per heavy atom. The van der Waals surface area contributed by atoms with Crippen LogP contribution >= 0.6 is 0 Å². The highest BCUT2D eigenvalue weighted by molar-refractivity contribution is 7.72. The summed E-state index contributed by atoms with van der Waals surface area (Å²) >= 11 is 0. The molecule has 0 N–H and O–H groups in total. The summed E-state index contributed by atoms with van der Waals surface area (Å²) < 4.78 is 44.9. The molecule has 0 bridgehead atoms. The quantitative estimate of drug-likeness (QED) is 0.717. The van der Waals surface area contributed by atoms with E-state index in [0.717, 1.165) is 12.1 Å². The number of thiol groups is 1. The predicted molar refractivity (Wildman–Crippen MR) is 39.6 cm³/mol. The van der Waals surface area contributed by atoms with Crippen molar-refractivity contribution in [2.75, 3.05) is 0 Å². The molecule has 0 saturated carbocycles. The fourth-order valence-corrected chi connectivity index (χ4v) is 1.36. The summed E-state index contributed by atoms with van der Waals surface area (Å²) in [6.07, 6.45) is -1.98. The van der Waals surface area contributed by atoms with Gasteiger partial charge in [-0.25, -0.2) is 8.42 Å². The molecular formula is C7H5F2O2S. The third kappa shape index (κ3) is 1.79. The molecule has 0 aromatic heterocycles. The third-order valence-corrected chi connectivity index (χ3v) is 2.09. The van der Waals surface area contributed by atoms with Crippen LogP contribution in [0.25, 0.3) is 0 Å². The summed E-state index contributed by atoms with van der Waals surface area (Å²) in [5.41, 5.74) is -0.520. The third-order valence-electron chi connectivity index (χ3n) is 1.30. The minimum absolute atomic E-state index is 0.340. The van der Waals surface area contributed by atoms with Gasteiger partial charge in [0.15, 0.2) is 10.7 Å². The summed E-state index contributed by atoms with van der Waals surface area (Å²) in [4.78, 5) is -0.340. The maximum atomic E-state index is 12.0. The van der Waals surface area contributed by atoms with E-state index in [2.05, 4.69) is 0 Å². The summed E-state index contributed by atoms with van der Waals surface area (Å²) in [7, 11) is -2.95. The average molecular weight is 191 g/mol. The van der Waals surface area contributed by atoms with Crippen LogP contribution in [0.15, 0.2) is 29.2 Å². The van der Waals surface area contributed by atoms with E-state index in [1.165, 1.54) is 12.1 Å². The molecule has 0 aliphatic carbocycles. The van der Waals surface area contributed by atoms with Gasteiger partial charge in [0.2, 0.25) is 0 Å². The Bertz CT molecular complexity index is 339. The van der Waals surface area contributed by atoms with Crippen LogP contribution in [0.5, 0.6) is 0 Å². The maximum absolute atomic E-state index is 12.0. The van der Waals surface area contributed by atoms with E-state index in [4.69, 9.17) is 0 Å². The van der Waals surface area contributed by atoms with Crippen molar-refractivity contribution < 1.29 is 17.2 Å². The topological polar surface area (TPSA) is 34.1 Å². The first kappa shape index (κ1) is 9.12. The van der Waals surface area contributed by atoms with Gasteiger partial charge in [-0.15, -0.1) is 0 Å². The number of hydrogen-bond donors (Lipinski definition) is 1. The first-order valence-corrected chi connectivity index (χ1v) is 4.22. The Labute approximate surface area is 69.8 Å². The minimum Gasteiger partial charge on any atom is -0.227 e. The lowest BCUT2D eigenvalue weighted by atomic mass is 10.2. The largest absolute Gasteiger partial charge is 0.341 e. The maximum Gasteiger partial charge on any atom is 0.341 e. The molecule has 0 aliphatic rings. The van der Waals surface area contributed by atoms with Crippen LogP contribution in [-0.2, 0) is 10.7 Å². The lowest BCUT2D eigenvalue weighted by Crippen LogP contribution is -1.92. The van der Waals surface area contributed by atoms with Gasteiger partial charge < -0.3 is 0 Å². The zero-order valence-corrected chi connectivity index (χ0v) is 6.72. The molecule has 1 aromatic rings. The molecule has 1 rings (SSSR count). The average Bonchev–Trinajstić information content (AvgIpc) is 2.04. The van der Waals surface area contributed by atoms with Crippen LogP contribution < -0.4 is 0 Å². The van der Waals surface area contributed by atoms with E-state index in [1.54, 1.807) is 0 Å². The zero-order chi connectivity index (χ0) is 9.14. The van der Waals surface area contributed by atoms with E-state index in [-0.39, 0.29) is 4.90 Å². The molecule has 0 spiro atoms. The number of hydrogen-bond acceptors (Lipinski definition) is 2. The normalized spacial score (nSPS) is 11.0. The first-order valence-electron chi connectivity index (χ1n) is 3.04. The van der Waals surface area contributed by atoms with Gasteiger partial charge in [-0.05, 0) is 6.07 Å². The first-order chi connectivity index (χ1) is 5.63. The van der Waals surface area contributed by atoms with Crippen LogP contribution in [0.4, 0.5) is 8.78 Å². The second-order valence-corrected chi connectivity index (χ2v) is 3.03. The highest BCUT2D eigenvalue weighted by Crippen LogP contribution is 2.22. The fourth-order valence-electron chi connectivity index (χ4n) is 0.793. The van der Waals surface area contributed by atoms with Crippen LogP contribution in [0.2, 0.25) is 0 Å². The van der Waals surface area contributed by atoms with E-state index >= 15 is 0 Å². The second kappa shape index (κ2) is 3.62. The van der Waals surface area contributed by atoms with Gasteiger partial charge in [0.1, 0.15) is 0 Å². The molecule has 65 valence electrons. The highest BCUT2D eigenvalue weighted by Gasteiger charge is 2.15. The summed E-state index contributed by atoms with van der Waals surface area (Å²) in [6.45, 7) is 0. The standard InChI is InChI=1S/C7H5F2O2S/c8-7(9)5-3-1-2-4-6(5)12(10)11/h1-4,12H. The molecule has 0 aliphatic heterocycles. The summed E-state index contributed by atoms with van der Waals surface area (Å²) in [6, 6.07) is 4.96. The van der Waals surface area contributed by atoms with Gasteiger partial charge in [0.25, 0.3) is 0 Å². The van der Waals surface area contributed by atoms with Crippen LogP contribution in [0.3, 0.4) is 0 Å². The molecular weight excluding hydrogens is 186 g/mol. The molecule has 1 aromatic carbocycles. The van der Waals surface area contributed by atoms with Crippen molar-refractivity contribution in [2.24, 2.45) is 0 Å². The Hall–Kier alpha value is -0.970. The lowest BCUT2D eigenvalue weighted by molar-refractivity contribution is 0.321. The number of halogens is 2. The van der Waals surface area contributed by atoms with Crippen molar-refractivity contribution in [2.45, 2.75) is 4.90 Å². The van der Waals surface area contributed by atoms with Crippen molar-refractivity contribution in [3.05, 3.63) is 36.3 Å². The van der Waals surface area contributed by atoms with Crippen molar-refractivity contribution in [1.29, 1.82) is 0 Å². The number of rotatable bonds is 2. The van der Waals surface area contributed by atoms with Gasteiger partial charge in [-0.2, -0.15) is 8.78 Å². The van der Waals surface area contributed by atoms with Gasteiger partial charge in [0.05, 0.1) is 4.90 Å². The van der Waals surface area contributed by atoms with Crippen LogP contribution in [0, 0.1) is 6.43 Å². The SMILES string of the molecule is O=[SH](=O)c1ccccc1[C](F)F. The van der Waals surface area contributed by atoms with Crippen molar-refractivity contribution >= 4 is 10.7 Å². The second-order valence-electron chi connectivity index (χ2n) is 2.03. The van der Waals surface area contributed by atoms with Gasteiger partial charge in [-0.3, -0.25) is 0 Å². The Morgan fingerprint density at radius 1 is 1.17 bits per heavy atom. The van der Waals surface area contributed by atoms with Crippen LogP contribution in [-0.4, -0.2) is 8.42 Å². The fraction of sp³-hybridized carbons (Fsp3) is 0.